The number of carbonyl (C=O) groups excluding carboxylic acids is 1. The first-order valence-electron chi connectivity index (χ1n) is 8.08. The van der Waals surface area contributed by atoms with Crippen LogP contribution in [0.5, 0.6) is 5.75 Å². The molecule has 0 atom stereocenters. The largest absolute Gasteiger partial charge is 0.493 e. The molecular formula is C19H22N2O4S. The van der Waals surface area contributed by atoms with Crippen LogP contribution in [0.4, 0.5) is 5.69 Å². The number of ether oxygens (including phenoxy) is 1. The van der Waals surface area contributed by atoms with Gasteiger partial charge in [0.15, 0.2) is 0 Å². The van der Waals surface area contributed by atoms with Crippen molar-refractivity contribution in [3.05, 3.63) is 60.2 Å². The van der Waals surface area contributed by atoms with Crippen molar-refractivity contribution in [2.24, 2.45) is 0 Å². The first-order valence-corrected chi connectivity index (χ1v) is 9.52. The van der Waals surface area contributed by atoms with Crippen molar-refractivity contribution in [3.8, 4) is 5.75 Å². The normalized spacial score (nSPS) is 11.7. The molecule has 0 aliphatic rings. The second-order valence-corrected chi connectivity index (χ2v) is 7.76. The molecule has 1 N–H and O–H groups in total. The van der Waals surface area contributed by atoms with Gasteiger partial charge in [-0.3, -0.25) is 4.79 Å². The van der Waals surface area contributed by atoms with Gasteiger partial charge in [0.1, 0.15) is 5.75 Å². The van der Waals surface area contributed by atoms with Crippen molar-refractivity contribution in [1.82, 2.24) is 4.31 Å². The molecule has 0 aromatic heterocycles. The number of hydrogen-bond donors (Lipinski definition) is 1. The van der Waals surface area contributed by atoms with Crippen LogP contribution in [0.25, 0.3) is 6.08 Å². The van der Waals surface area contributed by atoms with Gasteiger partial charge in [-0.15, -0.1) is 0 Å². The highest BCUT2D eigenvalue weighted by molar-refractivity contribution is 7.89. The fourth-order valence-corrected chi connectivity index (χ4v) is 3.15. The number of anilines is 1. The van der Waals surface area contributed by atoms with Crippen LogP contribution in [0.15, 0.2) is 59.5 Å². The number of sulfonamides is 1. The highest BCUT2D eigenvalue weighted by atomic mass is 32.2. The lowest BCUT2D eigenvalue weighted by Crippen LogP contribution is -2.22. The molecule has 0 aliphatic heterocycles. The van der Waals surface area contributed by atoms with Gasteiger partial charge in [0.05, 0.1) is 11.5 Å². The molecule has 0 saturated heterocycles. The van der Waals surface area contributed by atoms with E-state index in [-0.39, 0.29) is 10.8 Å². The van der Waals surface area contributed by atoms with Gasteiger partial charge in [-0.25, -0.2) is 12.7 Å². The highest BCUT2D eigenvalue weighted by Crippen LogP contribution is 2.20. The number of nitrogens with zero attached hydrogens (tertiary/aromatic N) is 1. The summed E-state index contributed by atoms with van der Waals surface area (Å²) >= 11 is 0. The van der Waals surface area contributed by atoms with Crippen LogP contribution in [0.1, 0.15) is 12.5 Å². The molecule has 1 amide bonds. The molecule has 138 valence electrons. The van der Waals surface area contributed by atoms with Crippen LogP contribution < -0.4 is 10.1 Å². The van der Waals surface area contributed by atoms with E-state index < -0.39 is 10.0 Å². The van der Waals surface area contributed by atoms with E-state index in [1.54, 1.807) is 18.2 Å². The Morgan fingerprint density at radius 1 is 1.15 bits per heavy atom. The Hall–Kier alpha value is -2.64. The monoisotopic (exact) mass is 374 g/mol. The maximum absolute atomic E-state index is 12.2. The molecule has 2 aromatic carbocycles. The number of carbonyl (C=O) groups is 1. The van der Waals surface area contributed by atoms with Crippen molar-refractivity contribution in [2.75, 3.05) is 26.0 Å². The van der Waals surface area contributed by atoms with Crippen LogP contribution in [0.2, 0.25) is 0 Å². The van der Waals surface area contributed by atoms with Gasteiger partial charge in [-0.2, -0.15) is 0 Å². The number of hydrogen-bond acceptors (Lipinski definition) is 4. The van der Waals surface area contributed by atoms with Gasteiger partial charge in [0, 0.05) is 31.4 Å². The average Bonchev–Trinajstić information content (AvgIpc) is 2.61. The molecule has 7 heteroatoms. The van der Waals surface area contributed by atoms with Crippen molar-refractivity contribution >= 4 is 27.7 Å². The van der Waals surface area contributed by atoms with Crippen LogP contribution in [0, 0.1) is 0 Å². The third-order valence-corrected chi connectivity index (χ3v) is 5.32. The maximum atomic E-state index is 12.2. The number of nitrogens with one attached hydrogen (secondary N) is 1. The summed E-state index contributed by atoms with van der Waals surface area (Å²) in [6.07, 6.45) is 3.03. The lowest BCUT2D eigenvalue weighted by atomic mass is 10.2. The maximum Gasteiger partial charge on any atom is 0.248 e. The Labute approximate surface area is 154 Å². The Morgan fingerprint density at radius 3 is 2.58 bits per heavy atom. The van der Waals surface area contributed by atoms with Gasteiger partial charge in [-0.05, 0) is 37.3 Å². The van der Waals surface area contributed by atoms with E-state index in [0.717, 1.165) is 9.87 Å². The molecule has 6 nitrogen and oxygen atoms in total. The number of para-hydroxylation sites is 1. The van der Waals surface area contributed by atoms with Crippen molar-refractivity contribution in [2.45, 2.75) is 11.8 Å². The summed E-state index contributed by atoms with van der Waals surface area (Å²) in [5.74, 6) is 0.328. The zero-order chi connectivity index (χ0) is 19.2. The first-order chi connectivity index (χ1) is 12.3. The third kappa shape index (κ3) is 4.93. The fourth-order valence-electron chi connectivity index (χ4n) is 2.20. The minimum atomic E-state index is -3.55. The van der Waals surface area contributed by atoms with E-state index >= 15 is 0 Å². The van der Waals surface area contributed by atoms with Crippen LogP contribution in [-0.4, -0.2) is 39.3 Å². The molecule has 0 spiro atoms. The van der Waals surface area contributed by atoms with Gasteiger partial charge in [-0.1, -0.05) is 24.3 Å². The van der Waals surface area contributed by atoms with E-state index in [1.165, 1.54) is 32.3 Å². The molecule has 0 radical (unpaired) electrons. The van der Waals surface area contributed by atoms with E-state index in [0.29, 0.717) is 18.0 Å². The van der Waals surface area contributed by atoms with Gasteiger partial charge in [0.25, 0.3) is 0 Å². The van der Waals surface area contributed by atoms with E-state index in [2.05, 4.69) is 5.32 Å². The summed E-state index contributed by atoms with van der Waals surface area (Å²) in [4.78, 5) is 12.3. The number of rotatable bonds is 7. The molecule has 0 fully saturated rings. The highest BCUT2D eigenvalue weighted by Gasteiger charge is 2.17. The minimum absolute atomic E-state index is 0.117. The van der Waals surface area contributed by atoms with Gasteiger partial charge in [0.2, 0.25) is 15.9 Å². The van der Waals surface area contributed by atoms with E-state index in [9.17, 15) is 13.2 Å². The topological polar surface area (TPSA) is 75.7 Å². The molecule has 2 rings (SSSR count). The molecule has 26 heavy (non-hydrogen) atoms. The molecule has 2 aromatic rings. The zero-order valence-electron chi connectivity index (χ0n) is 15.0. The Kier molecular flexibility index (Phi) is 6.54. The molecule has 0 heterocycles. The SMILES string of the molecule is CCOc1ccccc1C=CC(=O)Nc1cccc(S(=O)(=O)N(C)C)c1. The van der Waals surface area contributed by atoms with Crippen LogP contribution in [-0.2, 0) is 14.8 Å². The van der Waals surface area contributed by atoms with Gasteiger partial charge >= 0.3 is 0 Å². The predicted molar refractivity (Wildman–Crippen MR) is 103 cm³/mol. The number of benzene rings is 2. The standard InChI is InChI=1S/C19H22N2O4S/c1-4-25-18-11-6-5-8-15(18)12-13-19(22)20-16-9-7-10-17(14-16)26(23,24)21(2)3/h5-14H,4H2,1-3H3,(H,20,22). The smallest absolute Gasteiger partial charge is 0.248 e. The number of amides is 1. The minimum Gasteiger partial charge on any atom is -0.493 e. The Bertz CT molecular complexity index is 905. The second kappa shape index (κ2) is 8.64. The molecule has 0 unspecified atom stereocenters. The van der Waals surface area contributed by atoms with Gasteiger partial charge < -0.3 is 10.1 Å². The summed E-state index contributed by atoms with van der Waals surface area (Å²) < 4.78 is 31.0. The summed E-state index contributed by atoms with van der Waals surface area (Å²) in [6, 6.07) is 13.5. The summed E-state index contributed by atoms with van der Waals surface area (Å²) in [6.45, 7) is 2.42. The molecule has 0 aliphatic carbocycles. The molecule has 0 bridgehead atoms. The van der Waals surface area contributed by atoms with E-state index in [4.69, 9.17) is 4.74 Å². The second-order valence-electron chi connectivity index (χ2n) is 5.61. The summed E-state index contributed by atoms with van der Waals surface area (Å²) in [5.41, 5.74) is 1.19. The first kappa shape index (κ1) is 19.7. The lowest BCUT2D eigenvalue weighted by Gasteiger charge is -2.12. The Balaban J connectivity index is 2.14. The van der Waals surface area contributed by atoms with Crippen molar-refractivity contribution < 1.29 is 17.9 Å². The van der Waals surface area contributed by atoms with Crippen molar-refractivity contribution in [3.63, 3.8) is 0 Å². The lowest BCUT2D eigenvalue weighted by molar-refractivity contribution is -0.111. The Morgan fingerprint density at radius 2 is 1.88 bits per heavy atom. The molecule has 0 saturated carbocycles. The van der Waals surface area contributed by atoms with Crippen LogP contribution in [0.3, 0.4) is 0 Å². The average molecular weight is 374 g/mol. The predicted octanol–water partition coefficient (Wildman–Crippen LogP) is 2.99. The quantitative estimate of drug-likeness (QED) is 0.756. The van der Waals surface area contributed by atoms with Crippen LogP contribution >= 0.6 is 0 Å². The zero-order valence-corrected chi connectivity index (χ0v) is 15.8. The molecular weight excluding hydrogens is 352 g/mol. The summed E-state index contributed by atoms with van der Waals surface area (Å²) in [5, 5.41) is 2.67. The van der Waals surface area contributed by atoms with E-state index in [1.807, 2.05) is 31.2 Å². The third-order valence-electron chi connectivity index (χ3n) is 3.51. The fraction of sp³-hybridized carbons (Fsp3) is 0.211. The summed E-state index contributed by atoms with van der Waals surface area (Å²) in [7, 11) is -0.640. The van der Waals surface area contributed by atoms with Crippen molar-refractivity contribution in [1.29, 1.82) is 0 Å².